The predicted molar refractivity (Wildman–Crippen MR) is 184 cm³/mol. The van der Waals surface area contributed by atoms with Crippen LogP contribution in [0.3, 0.4) is 0 Å². The summed E-state index contributed by atoms with van der Waals surface area (Å²) in [6.45, 7) is 10.3. The van der Waals surface area contributed by atoms with Gasteiger partial charge in [-0.2, -0.15) is 0 Å². The number of rotatable bonds is 11. The number of fused-ring (bicyclic) bond motifs is 2. The molecule has 0 bridgehead atoms. The normalized spacial score (nSPS) is 15.9. The molecule has 0 heterocycles. The van der Waals surface area contributed by atoms with Crippen molar-refractivity contribution in [2.45, 2.75) is 59.3 Å². The van der Waals surface area contributed by atoms with Crippen LogP contribution in [0.1, 0.15) is 67.9 Å². The van der Waals surface area contributed by atoms with Crippen LogP contribution in [0.5, 0.6) is 0 Å². The molecule has 0 N–H and O–H groups in total. The molecule has 0 amide bonds. The molecule has 1 aliphatic carbocycles. The molecule has 0 radical (unpaired) electrons. The molecule has 0 aliphatic heterocycles. The molecule has 0 atom stereocenters. The van der Waals surface area contributed by atoms with Gasteiger partial charge in [0.2, 0.25) is 0 Å². The highest BCUT2D eigenvalue weighted by atomic mass is 32.1. The molecule has 2 aromatic carbocycles. The van der Waals surface area contributed by atoms with Gasteiger partial charge in [-0.1, -0.05) is 118 Å². The Kier molecular flexibility index (Phi) is 12.7. The standard InChI is InChI=1S/C37H42S2/c1-5-8-11-18-28(4)19-14-20-30(38)21-15-24-37(39)29-25-26-35-31(16-6-2)33-22-12-9-10-13-23-34(33)32(17-7-3)36(35)27-29/h5,8,10-15,18-22,24-27,38-39H,1,6-7,9,16-17,23H2,2-4H3/b11-8-,13-10?,19-14+,21-15+,22-12-,28-18+,30-20-,37-24-. The third kappa shape index (κ3) is 8.78. The first-order valence-corrected chi connectivity index (χ1v) is 14.9. The molecule has 39 heavy (non-hydrogen) atoms. The van der Waals surface area contributed by atoms with Crippen molar-refractivity contribution in [1.82, 2.24) is 0 Å². The highest BCUT2D eigenvalue weighted by molar-refractivity contribution is 7.90. The lowest BCUT2D eigenvalue weighted by molar-refractivity contribution is 0.898. The third-order valence-electron chi connectivity index (χ3n) is 6.78. The van der Waals surface area contributed by atoms with E-state index in [1.165, 1.54) is 33.0 Å². The van der Waals surface area contributed by atoms with E-state index in [0.29, 0.717) is 0 Å². The summed E-state index contributed by atoms with van der Waals surface area (Å²) in [6.07, 6.45) is 35.6. The maximum Gasteiger partial charge on any atom is 0.0113 e. The highest BCUT2D eigenvalue weighted by Crippen LogP contribution is 2.36. The van der Waals surface area contributed by atoms with Crippen LogP contribution in [0.25, 0.3) is 21.8 Å². The Balaban J connectivity index is 1.95. The highest BCUT2D eigenvalue weighted by Gasteiger charge is 2.17. The van der Waals surface area contributed by atoms with Gasteiger partial charge in [-0.15, -0.1) is 25.3 Å². The number of benzene rings is 2. The van der Waals surface area contributed by atoms with Crippen molar-refractivity contribution in [2.75, 3.05) is 0 Å². The Labute approximate surface area is 247 Å². The molecule has 2 heteroatoms. The van der Waals surface area contributed by atoms with Crippen molar-refractivity contribution in [2.24, 2.45) is 0 Å². The molecule has 1 aliphatic rings. The number of hydrogen-bond acceptors (Lipinski definition) is 2. The maximum absolute atomic E-state index is 4.88. The van der Waals surface area contributed by atoms with Gasteiger partial charge in [-0.05, 0) is 95.5 Å². The summed E-state index contributed by atoms with van der Waals surface area (Å²) < 4.78 is 0. The first kappa shape index (κ1) is 30.6. The summed E-state index contributed by atoms with van der Waals surface area (Å²) in [4.78, 5) is 1.83. The number of thiol groups is 2. The van der Waals surface area contributed by atoms with E-state index in [-0.39, 0.29) is 0 Å². The topological polar surface area (TPSA) is 0 Å². The van der Waals surface area contributed by atoms with Gasteiger partial charge in [-0.3, -0.25) is 0 Å². The first-order chi connectivity index (χ1) is 19.0. The van der Waals surface area contributed by atoms with Crippen LogP contribution in [0.4, 0.5) is 0 Å². The van der Waals surface area contributed by atoms with Gasteiger partial charge in [0.25, 0.3) is 0 Å². The minimum atomic E-state index is 0.880. The van der Waals surface area contributed by atoms with Crippen molar-refractivity contribution >= 4 is 47.0 Å². The van der Waals surface area contributed by atoms with Crippen LogP contribution in [-0.2, 0) is 19.3 Å². The molecule has 202 valence electrons. The maximum atomic E-state index is 4.88. The summed E-state index contributed by atoms with van der Waals surface area (Å²) in [5.74, 6) is 0. The van der Waals surface area contributed by atoms with Gasteiger partial charge >= 0.3 is 0 Å². The molecule has 0 fully saturated rings. The van der Waals surface area contributed by atoms with Crippen molar-refractivity contribution in [3.05, 3.63) is 142 Å². The molecular formula is C37H42S2. The molecule has 0 saturated heterocycles. The second kappa shape index (κ2) is 16.2. The zero-order chi connectivity index (χ0) is 28.0. The number of hydrogen-bond donors (Lipinski definition) is 2. The third-order valence-corrected chi connectivity index (χ3v) is 7.48. The Morgan fingerprint density at radius 2 is 1.62 bits per heavy atom. The number of aryl methyl sites for hydroxylation is 2. The van der Waals surface area contributed by atoms with E-state index in [1.807, 2.05) is 42.5 Å². The summed E-state index contributed by atoms with van der Waals surface area (Å²) >= 11 is 9.48. The Bertz CT molecular complexity index is 1400. The van der Waals surface area contributed by atoms with Crippen LogP contribution >= 0.6 is 25.3 Å². The molecular weight excluding hydrogens is 509 g/mol. The molecule has 0 unspecified atom stereocenters. The second-order valence-electron chi connectivity index (χ2n) is 9.82. The molecule has 0 spiro atoms. The number of allylic oxidation sites excluding steroid dienone is 14. The van der Waals surface area contributed by atoms with Gasteiger partial charge in [0, 0.05) is 9.81 Å². The monoisotopic (exact) mass is 550 g/mol. The van der Waals surface area contributed by atoms with Gasteiger partial charge in [-0.25, -0.2) is 0 Å². The van der Waals surface area contributed by atoms with E-state index in [9.17, 15) is 0 Å². The van der Waals surface area contributed by atoms with E-state index in [2.05, 4.69) is 94.6 Å². The summed E-state index contributed by atoms with van der Waals surface area (Å²) in [7, 11) is 0. The lowest BCUT2D eigenvalue weighted by Gasteiger charge is -2.22. The summed E-state index contributed by atoms with van der Waals surface area (Å²) in [5.41, 5.74) is 8.24. The average Bonchev–Trinajstić information content (AvgIpc) is 2.91. The fourth-order valence-corrected chi connectivity index (χ4v) is 5.35. The van der Waals surface area contributed by atoms with Gasteiger partial charge in [0.05, 0.1) is 0 Å². The fraction of sp³-hybridized carbons (Fsp3) is 0.243. The zero-order valence-electron chi connectivity index (χ0n) is 23.7. The second-order valence-corrected chi connectivity index (χ2v) is 10.8. The van der Waals surface area contributed by atoms with Crippen LogP contribution in [0.2, 0.25) is 0 Å². The van der Waals surface area contributed by atoms with Gasteiger partial charge in [0.15, 0.2) is 0 Å². The zero-order valence-corrected chi connectivity index (χ0v) is 25.4. The Morgan fingerprint density at radius 1 is 0.846 bits per heavy atom. The molecule has 0 saturated carbocycles. The minimum absolute atomic E-state index is 0.880. The first-order valence-electron chi connectivity index (χ1n) is 14.0. The Hall–Kier alpha value is -2.94. The quantitative estimate of drug-likeness (QED) is 0.155. The molecule has 2 aromatic rings. The van der Waals surface area contributed by atoms with E-state index in [1.54, 1.807) is 6.08 Å². The van der Waals surface area contributed by atoms with E-state index >= 15 is 0 Å². The van der Waals surface area contributed by atoms with Gasteiger partial charge in [0.1, 0.15) is 0 Å². The SMILES string of the molecule is C=C\C=C/C=C(C)/C=C/C=C(S)/C=C/C=C(\S)c1ccc2c(CCC)c3c(c(CCC)c2c1)CC=CC/C=C\3. The lowest BCUT2D eigenvalue weighted by atomic mass is 9.83. The lowest BCUT2D eigenvalue weighted by Crippen LogP contribution is -2.05. The average molecular weight is 551 g/mol. The van der Waals surface area contributed by atoms with Crippen molar-refractivity contribution < 1.29 is 0 Å². The van der Waals surface area contributed by atoms with Crippen LogP contribution in [0, 0.1) is 0 Å². The van der Waals surface area contributed by atoms with Gasteiger partial charge < -0.3 is 0 Å². The largest absolute Gasteiger partial charge is 0.143 e. The van der Waals surface area contributed by atoms with Crippen LogP contribution < -0.4 is 0 Å². The summed E-state index contributed by atoms with van der Waals surface area (Å²) in [6, 6.07) is 6.90. The molecule has 0 nitrogen and oxygen atoms in total. The Morgan fingerprint density at radius 3 is 2.38 bits per heavy atom. The van der Waals surface area contributed by atoms with Crippen molar-refractivity contribution in [1.29, 1.82) is 0 Å². The summed E-state index contributed by atoms with van der Waals surface area (Å²) in [5, 5.41) is 2.78. The van der Waals surface area contributed by atoms with Crippen molar-refractivity contribution in [3.8, 4) is 0 Å². The smallest absolute Gasteiger partial charge is 0.0113 e. The van der Waals surface area contributed by atoms with E-state index < -0.39 is 0 Å². The molecule has 0 aromatic heterocycles. The van der Waals surface area contributed by atoms with Crippen LogP contribution in [0.15, 0.2) is 114 Å². The van der Waals surface area contributed by atoms with E-state index in [4.69, 9.17) is 12.6 Å². The van der Waals surface area contributed by atoms with E-state index in [0.717, 1.165) is 59.5 Å². The minimum Gasteiger partial charge on any atom is -0.143 e. The fourth-order valence-electron chi connectivity index (χ4n) is 4.95. The predicted octanol–water partition coefficient (Wildman–Crippen LogP) is 11.1. The molecule has 3 rings (SSSR count). The van der Waals surface area contributed by atoms with Crippen molar-refractivity contribution in [3.63, 3.8) is 0 Å². The van der Waals surface area contributed by atoms with Crippen LogP contribution in [-0.4, -0.2) is 0 Å².